The molecule has 0 fully saturated rings. The predicted octanol–water partition coefficient (Wildman–Crippen LogP) is 6.15. The van der Waals surface area contributed by atoms with Gasteiger partial charge in [0.05, 0.1) is 16.8 Å². The number of pyridine rings is 1. The smallest absolute Gasteiger partial charge is 0.307 e. The number of rotatable bonds is 4. The summed E-state index contributed by atoms with van der Waals surface area (Å²) in [6.07, 6.45) is 0. The highest BCUT2D eigenvalue weighted by Crippen LogP contribution is 2.26. The van der Waals surface area contributed by atoms with Crippen LogP contribution in [0.3, 0.4) is 0 Å². The van der Waals surface area contributed by atoms with Crippen molar-refractivity contribution in [2.45, 2.75) is 19.8 Å². The summed E-state index contributed by atoms with van der Waals surface area (Å²) in [7, 11) is 0. The van der Waals surface area contributed by atoms with Crippen LogP contribution in [0.25, 0.3) is 22.2 Å². The molecule has 0 saturated heterocycles. The highest BCUT2D eigenvalue weighted by Gasteiger charge is 2.15. The normalized spacial score (nSPS) is 10.8. The number of amides is 3. The Labute approximate surface area is 197 Å². The average Bonchev–Trinajstić information content (AvgIpc) is 2.83. The number of nitrogens with one attached hydrogen (secondary N) is 3. The van der Waals surface area contributed by atoms with Crippen molar-refractivity contribution >= 4 is 40.1 Å². The zero-order valence-electron chi connectivity index (χ0n) is 18.2. The fourth-order valence-electron chi connectivity index (χ4n) is 3.43. The molecule has 166 valence electrons. The maximum atomic E-state index is 13.0. The van der Waals surface area contributed by atoms with Crippen molar-refractivity contribution in [2.75, 3.05) is 5.32 Å². The van der Waals surface area contributed by atoms with Gasteiger partial charge in [-0.1, -0.05) is 67.9 Å². The summed E-state index contributed by atoms with van der Waals surface area (Å²) in [6, 6.07) is 23.4. The van der Waals surface area contributed by atoms with Crippen molar-refractivity contribution in [2.24, 2.45) is 0 Å². The van der Waals surface area contributed by atoms with Crippen LogP contribution in [0.1, 0.15) is 35.7 Å². The van der Waals surface area contributed by atoms with Gasteiger partial charge in [0.2, 0.25) is 0 Å². The summed E-state index contributed by atoms with van der Waals surface area (Å²) in [5.74, 6) is -0.0186. The zero-order chi connectivity index (χ0) is 23.4. The summed E-state index contributed by atoms with van der Waals surface area (Å²) >= 11 is 5.85. The van der Waals surface area contributed by atoms with Gasteiger partial charge in [-0.25, -0.2) is 15.2 Å². The maximum absolute atomic E-state index is 13.0. The van der Waals surface area contributed by atoms with Crippen LogP contribution in [-0.4, -0.2) is 16.9 Å². The van der Waals surface area contributed by atoms with Crippen LogP contribution in [0, 0.1) is 0 Å². The van der Waals surface area contributed by atoms with Crippen LogP contribution >= 0.6 is 11.6 Å². The fraction of sp³-hybridized carbons (Fsp3) is 0.115. The van der Waals surface area contributed by atoms with Gasteiger partial charge in [0.15, 0.2) is 0 Å². The molecule has 0 spiro atoms. The van der Waals surface area contributed by atoms with Crippen molar-refractivity contribution in [3.63, 3.8) is 0 Å². The Morgan fingerprint density at radius 3 is 2.27 bits per heavy atom. The van der Waals surface area contributed by atoms with Gasteiger partial charge in [-0.3, -0.25) is 10.2 Å². The van der Waals surface area contributed by atoms with Gasteiger partial charge in [-0.05, 0) is 47.9 Å². The first kappa shape index (κ1) is 22.3. The summed E-state index contributed by atoms with van der Waals surface area (Å²) in [5, 5.41) is 3.88. The standard InChI is InChI=1S/C26H23ClN4O2/c1-16(2)17-7-9-18(10-8-17)24-15-22(21-5-3-4-6-23(21)29-24)25(32)30-31-26(33)28-20-13-11-19(27)12-14-20/h3-16H,1-2H3,(H,30,32)(H2,28,31,33). The lowest BCUT2D eigenvalue weighted by molar-refractivity contribution is 0.0939. The molecular weight excluding hydrogens is 436 g/mol. The molecule has 3 amide bonds. The number of carbonyl (C=O) groups is 2. The van der Waals surface area contributed by atoms with E-state index >= 15 is 0 Å². The molecule has 0 bridgehead atoms. The number of aromatic nitrogens is 1. The van der Waals surface area contributed by atoms with E-state index in [2.05, 4.69) is 42.1 Å². The van der Waals surface area contributed by atoms with E-state index in [1.165, 1.54) is 5.56 Å². The molecule has 0 aliphatic rings. The van der Waals surface area contributed by atoms with Gasteiger partial charge >= 0.3 is 6.03 Å². The zero-order valence-corrected chi connectivity index (χ0v) is 19.0. The Balaban J connectivity index is 1.56. The lowest BCUT2D eigenvalue weighted by Gasteiger charge is -2.12. The second-order valence-corrected chi connectivity index (χ2v) is 8.33. The summed E-state index contributed by atoms with van der Waals surface area (Å²) in [4.78, 5) is 29.9. The third kappa shape index (κ3) is 5.30. The average molecular weight is 459 g/mol. The second-order valence-electron chi connectivity index (χ2n) is 7.89. The minimum atomic E-state index is -0.575. The minimum absolute atomic E-state index is 0.412. The molecule has 0 radical (unpaired) electrons. The first-order chi connectivity index (χ1) is 15.9. The van der Waals surface area contributed by atoms with E-state index in [-0.39, 0.29) is 0 Å². The van der Waals surface area contributed by atoms with Crippen molar-refractivity contribution in [1.29, 1.82) is 0 Å². The van der Waals surface area contributed by atoms with E-state index in [0.717, 1.165) is 5.56 Å². The highest BCUT2D eigenvalue weighted by molar-refractivity contribution is 6.30. The van der Waals surface area contributed by atoms with Gasteiger partial charge in [-0.2, -0.15) is 0 Å². The number of nitrogens with zero attached hydrogens (tertiary/aromatic N) is 1. The van der Waals surface area contributed by atoms with Gasteiger partial charge in [0.1, 0.15) is 0 Å². The van der Waals surface area contributed by atoms with E-state index in [4.69, 9.17) is 16.6 Å². The molecule has 6 nitrogen and oxygen atoms in total. The molecule has 1 heterocycles. The van der Waals surface area contributed by atoms with Crippen molar-refractivity contribution in [3.05, 3.63) is 95.0 Å². The van der Waals surface area contributed by atoms with Crippen molar-refractivity contribution in [3.8, 4) is 11.3 Å². The molecule has 0 aliphatic carbocycles. The predicted molar refractivity (Wildman–Crippen MR) is 132 cm³/mol. The Hall–Kier alpha value is -3.90. The molecule has 0 atom stereocenters. The number of para-hydroxylation sites is 1. The maximum Gasteiger partial charge on any atom is 0.337 e. The Kier molecular flexibility index (Phi) is 6.56. The first-order valence-corrected chi connectivity index (χ1v) is 10.9. The molecule has 0 unspecified atom stereocenters. The van der Waals surface area contributed by atoms with E-state index in [9.17, 15) is 9.59 Å². The topological polar surface area (TPSA) is 83.1 Å². The highest BCUT2D eigenvalue weighted by atomic mass is 35.5. The molecule has 3 aromatic carbocycles. The van der Waals surface area contributed by atoms with Crippen LogP contribution in [0.4, 0.5) is 10.5 Å². The third-order valence-corrected chi connectivity index (χ3v) is 5.48. The second kappa shape index (κ2) is 9.71. The Morgan fingerprint density at radius 2 is 1.58 bits per heavy atom. The monoisotopic (exact) mass is 458 g/mol. The molecule has 33 heavy (non-hydrogen) atoms. The molecule has 4 aromatic rings. The van der Waals surface area contributed by atoms with Crippen LogP contribution < -0.4 is 16.2 Å². The van der Waals surface area contributed by atoms with E-state index in [0.29, 0.717) is 38.8 Å². The van der Waals surface area contributed by atoms with Crippen LogP contribution in [0.2, 0.25) is 5.02 Å². The van der Waals surface area contributed by atoms with Crippen LogP contribution in [0.5, 0.6) is 0 Å². The largest absolute Gasteiger partial charge is 0.337 e. The molecule has 4 rings (SSSR count). The SMILES string of the molecule is CC(C)c1ccc(-c2cc(C(=O)NNC(=O)Nc3ccc(Cl)cc3)c3ccccc3n2)cc1. The molecule has 7 heteroatoms. The number of hydrogen-bond acceptors (Lipinski definition) is 3. The number of urea groups is 1. The summed E-state index contributed by atoms with van der Waals surface area (Å²) in [5.41, 5.74) is 9.33. The van der Waals surface area contributed by atoms with Gasteiger partial charge < -0.3 is 5.32 Å². The summed E-state index contributed by atoms with van der Waals surface area (Å²) < 4.78 is 0. The van der Waals surface area contributed by atoms with Crippen molar-refractivity contribution in [1.82, 2.24) is 15.8 Å². The number of hydrogen-bond donors (Lipinski definition) is 3. The fourth-order valence-corrected chi connectivity index (χ4v) is 3.55. The number of hydrazine groups is 1. The lowest BCUT2D eigenvalue weighted by atomic mass is 9.99. The molecule has 0 aliphatic heterocycles. The number of benzene rings is 3. The Bertz CT molecular complexity index is 1300. The third-order valence-electron chi connectivity index (χ3n) is 5.23. The van der Waals surface area contributed by atoms with Crippen LogP contribution in [-0.2, 0) is 0 Å². The molecule has 1 aromatic heterocycles. The number of fused-ring (bicyclic) bond motifs is 1. The van der Waals surface area contributed by atoms with E-state index < -0.39 is 11.9 Å². The molecular formula is C26H23ClN4O2. The number of carbonyl (C=O) groups excluding carboxylic acids is 2. The van der Waals surface area contributed by atoms with Gasteiger partial charge in [-0.15, -0.1) is 0 Å². The minimum Gasteiger partial charge on any atom is -0.307 e. The van der Waals surface area contributed by atoms with Gasteiger partial charge in [0, 0.05) is 21.7 Å². The number of anilines is 1. The summed E-state index contributed by atoms with van der Waals surface area (Å²) in [6.45, 7) is 4.28. The quantitative estimate of drug-likeness (QED) is 0.321. The van der Waals surface area contributed by atoms with Gasteiger partial charge in [0.25, 0.3) is 5.91 Å². The van der Waals surface area contributed by atoms with Crippen molar-refractivity contribution < 1.29 is 9.59 Å². The number of halogens is 1. The Morgan fingerprint density at radius 1 is 0.879 bits per heavy atom. The van der Waals surface area contributed by atoms with Crippen LogP contribution in [0.15, 0.2) is 78.9 Å². The first-order valence-electron chi connectivity index (χ1n) is 10.5. The van der Waals surface area contributed by atoms with E-state index in [1.54, 1.807) is 30.3 Å². The van der Waals surface area contributed by atoms with E-state index in [1.807, 2.05) is 36.4 Å². The molecule has 3 N–H and O–H groups in total. The molecule has 0 saturated carbocycles. The lowest BCUT2D eigenvalue weighted by Crippen LogP contribution is -2.44.